The van der Waals surface area contributed by atoms with Gasteiger partial charge in [-0.15, -0.1) is 0 Å². The fraction of sp³-hybridized carbons (Fsp3) is 0.368. The first-order valence-corrected chi connectivity index (χ1v) is 8.48. The average molecular weight is 358 g/mol. The molecule has 0 unspecified atom stereocenters. The Morgan fingerprint density at radius 3 is 2.81 bits per heavy atom. The Hall–Kier alpha value is -2.64. The van der Waals surface area contributed by atoms with Crippen LogP contribution in [0.4, 0.5) is 0 Å². The smallest absolute Gasteiger partial charge is 0.251 e. The van der Waals surface area contributed by atoms with E-state index in [1.165, 1.54) is 10.6 Å². The van der Waals surface area contributed by atoms with Crippen LogP contribution in [0.15, 0.2) is 47.4 Å². The molecule has 0 spiro atoms. The van der Waals surface area contributed by atoms with Crippen molar-refractivity contribution >= 4 is 5.91 Å². The molecule has 0 saturated carbocycles. The standard InChI is InChI=1S/C19H22N2O5/c1-21-8-6-14(10-18(21)23)19(24)20-16-12-25-9-7-17(16)26-15-4-2-13(11-22)3-5-15/h2-6,8,10,16-17,22H,7,9,11-12H2,1H3,(H,20,24)/t16-,17-/m1/s1. The highest BCUT2D eigenvalue weighted by Gasteiger charge is 2.29. The number of aliphatic hydroxyl groups excluding tert-OH is 1. The number of aromatic nitrogens is 1. The summed E-state index contributed by atoms with van der Waals surface area (Å²) in [5.41, 5.74) is 0.874. The maximum Gasteiger partial charge on any atom is 0.251 e. The van der Waals surface area contributed by atoms with E-state index in [-0.39, 0.29) is 30.2 Å². The predicted molar refractivity (Wildman–Crippen MR) is 95.2 cm³/mol. The SMILES string of the molecule is Cn1ccc(C(=O)N[C@@H]2COCC[C@H]2Oc2ccc(CO)cc2)cc1=O. The summed E-state index contributed by atoms with van der Waals surface area (Å²) in [5, 5.41) is 12.0. The first-order valence-electron chi connectivity index (χ1n) is 8.48. The van der Waals surface area contributed by atoms with Gasteiger partial charge in [0, 0.05) is 31.3 Å². The number of carbonyl (C=O) groups is 1. The number of rotatable bonds is 5. The largest absolute Gasteiger partial charge is 0.488 e. The first kappa shape index (κ1) is 18.2. The quantitative estimate of drug-likeness (QED) is 0.827. The number of hydrogen-bond acceptors (Lipinski definition) is 5. The molecule has 7 heteroatoms. The van der Waals surface area contributed by atoms with E-state index in [0.717, 1.165) is 5.56 Å². The lowest BCUT2D eigenvalue weighted by Gasteiger charge is -2.32. The van der Waals surface area contributed by atoms with E-state index in [1.54, 1.807) is 43.6 Å². The lowest BCUT2D eigenvalue weighted by molar-refractivity contribution is -0.00289. The van der Waals surface area contributed by atoms with Crippen LogP contribution >= 0.6 is 0 Å². The minimum Gasteiger partial charge on any atom is -0.488 e. The van der Waals surface area contributed by atoms with Crippen LogP contribution in [0.3, 0.4) is 0 Å². The molecule has 7 nitrogen and oxygen atoms in total. The number of amides is 1. The first-order chi connectivity index (χ1) is 12.6. The summed E-state index contributed by atoms with van der Waals surface area (Å²) in [6.07, 6.45) is 1.97. The number of pyridine rings is 1. The lowest BCUT2D eigenvalue weighted by atomic mass is 10.1. The van der Waals surface area contributed by atoms with Crippen molar-refractivity contribution in [3.63, 3.8) is 0 Å². The summed E-state index contributed by atoms with van der Waals surface area (Å²) in [5.74, 6) is 0.337. The Bertz CT molecular complexity index is 815. The molecule has 2 atom stereocenters. The second-order valence-electron chi connectivity index (χ2n) is 6.27. The maximum absolute atomic E-state index is 12.5. The molecule has 1 amide bonds. The normalized spacial score (nSPS) is 19.8. The van der Waals surface area contributed by atoms with Crippen molar-refractivity contribution in [1.29, 1.82) is 0 Å². The zero-order valence-electron chi connectivity index (χ0n) is 14.6. The third-order valence-corrected chi connectivity index (χ3v) is 4.37. The molecule has 2 N–H and O–H groups in total. The van der Waals surface area contributed by atoms with Crippen LogP contribution in [0.5, 0.6) is 5.75 Å². The van der Waals surface area contributed by atoms with Gasteiger partial charge in [-0.25, -0.2) is 0 Å². The highest BCUT2D eigenvalue weighted by Crippen LogP contribution is 2.19. The van der Waals surface area contributed by atoms with Gasteiger partial charge in [-0.05, 0) is 23.8 Å². The van der Waals surface area contributed by atoms with E-state index in [0.29, 0.717) is 30.9 Å². The van der Waals surface area contributed by atoms with E-state index < -0.39 is 0 Å². The number of nitrogens with one attached hydrogen (secondary N) is 1. The van der Waals surface area contributed by atoms with Crippen molar-refractivity contribution in [3.05, 3.63) is 64.1 Å². The lowest BCUT2D eigenvalue weighted by Crippen LogP contribution is -2.52. The van der Waals surface area contributed by atoms with Crippen molar-refractivity contribution in [2.45, 2.75) is 25.2 Å². The summed E-state index contributed by atoms with van der Waals surface area (Å²) < 4.78 is 12.9. The molecule has 138 valence electrons. The van der Waals surface area contributed by atoms with Crippen molar-refractivity contribution < 1.29 is 19.4 Å². The summed E-state index contributed by atoms with van der Waals surface area (Å²) in [7, 11) is 1.63. The fourth-order valence-corrected chi connectivity index (χ4v) is 2.78. The molecule has 1 aromatic carbocycles. The summed E-state index contributed by atoms with van der Waals surface area (Å²) >= 11 is 0. The van der Waals surface area contributed by atoms with Crippen LogP contribution in [0.25, 0.3) is 0 Å². The molecule has 26 heavy (non-hydrogen) atoms. The van der Waals surface area contributed by atoms with Gasteiger partial charge in [0.1, 0.15) is 11.9 Å². The number of benzene rings is 1. The number of ether oxygens (including phenoxy) is 2. The maximum atomic E-state index is 12.5. The Balaban J connectivity index is 1.68. The van der Waals surface area contributed by atoms with Crippen LogP contribution in [0.1, 0.15) is 22.3 Å². The van der Waals surface area contributed by atoms with Crippen LogP contribution < -0.4 is 15.6 Å². The number of aliphatic hydroxyl groups is 1. The molecule has 0 bridgehead atoms. The van der Waals surface area contributed by atoms with Crippen LogP contribution in [0, 0.1) is 0 Å². The van der Waals surface area contributed by atoms with Gasteiger partial charge in [-0.3, -0.25) is 9.59 Å². The highest BCUT2D eigenvalue weighted by molar-refractivity contribution is 5.94. The molecule has 1 aliphatic rings. The van der Waals surface area contributed by atoms with Gasteiger partial charge >= 0.3 is 0 Å². The molecule has 1 fully saturated rings. The molecule has 3 rings (SSSR count). The van der Waals surface area contributed by atoms with Gasteiger partial charge in [0.15, 0.2) is 0 Å². The Morgan fingerprint density at radius 2 is 2.12 bits per heavy atom. The van der Waals surface area contributed by atoms with Gasteiger partial charge in [-0.2, -0.15) is 0 Å². The molecule has 0 radical (unpaired) electrons. The van der Waals surface area contributed by atoms with E-state index in [2.05, 4.69) is 5.32 Å². The average Bonchev–Trinajstić information content (AvgIpc) is 2.66. The Labute approximate surface area is 151 Å². The summed E-state index contributed by atoms with van der Waals surface area (Å²) in [4.78, 5) is 24.2. The number of nitrogens with zero attached hydrogens (tertiary/aromatic N) is 1. The van der Waals surface area contributed by atoms with Gasteiger partial charge in [0.25, 0.3) is 11.5 Å². The minimum atomic E-state index is -0.331. The fourth-order valence-electron chi connectivity index (χ4n) is 2.78. The molecule has 1 aliphatic heterocycles. The van der Waals surface area contributed by atoms with Crippen molar-refractivity contribution in [1.82, 2.24) is 9.88 Å². The van der Waals surface area contributed by atoms with Gasteiger partial charge in [-0.1, -0.05) is 12.1 Å². The molecule has 2 heterocycles. The molecular formula is C19H22N2O5. The summed E-state index contributed by atoms with van der Waals surface area (Å²) in [6, 6.07) is 9.76. The second kappa shape index (κ2) is 8.16. The Kier molecular flexibility index (Phi) is 5.70. The van der Waals surface area contributed by atoms with E-state index in [1.807, 2.05) is 0 Å². The topological polar surface area (TPSA) is 89.8 Å². The van der Waals surface area contributed by atoms with Crippen molar-refractivity contribution in [3.8, 4) is 5.75 Å². The number of aryl methyl sites for hydroxylation is 1. The van der Waals surface area contributed by atoms with Gasteiger partial charge in [0.2, 0.25) is 0 Å². The monoisotopic (exact) mass is 358 g/mol. The zero-order valence-corrected chi connectivity index (χ0v) is 14.6. The van der Waals surface area contributed by atoms with Crippen LogP contribution in [-0.2, 0) is 18.4 Å². The molecule has 0 aliphatic carbocycles. The van der Waals surface area contributed by atoms with Gasteiger partial charge < -0.3 is 24.5 Å². The highest BCUT2D eigenvalue weighted by atomic mass is 16.5. The van der Waals surface area contributed by atoms with E-state index >= 15 is 0 Å². The number of carbonyl (C=O) groups excluding carboxylic acids is 1. The van der Waals surface area contributed by atoms with E-state index in [4.69, 9.17) is 14.6 Å². The van der Waals surface area contributed by atoms with Crippen LogP contribution in [-0.4, -0.2) is 40.9 Å². The van der Waals surface area contributed by atoms with Gasteiger partial charge in [0.05, 0.1) is 25.9 Å². The molecule has 1 saturated heterocycles. The minimum absolute atomic E-state index is 0.0211. The van der Waals surface area contributed by atoms with E-state index in [9.17, 15) is 9.59 Å². The van der Waals surface area contributed by atoms with Crippen LogP contribution in [0.2, 0.25) is 0 Å². The second-order valence-corrected chi connectivity index (χ2v) is 6.27. The predicted octanol–water partition coefficient (Wildman–Crippen LogP) is 0.844. The third kappa shape index (κ3) is 4.30. The molecule has 2 aromatic rings. The molecular weight excluding hydrogens is 336 g/mol. The zero-order chi connectivity index (χ0) is 18.5. The van der Waals surface area contributed by atoms with Crippen molar-refractivity contribution in [2.75, 3.05) is 13.2 Å². The Morgan fingerprint density at radius 1 is 1.35 bits per heavy atom. The number of hydrogen-bond donors (Lipinski definition) is 2. The van der Waals surface area contributed by atoms with Crippen molar-refractivity contribution in [2.24, 2.45) is 7.05 Å². The summed E-state index contributed by atoms with van der Waals surface area (Å²) in [6.45, 7) is 0.875. The third-order valence-electron chi connectivity index (χ3n) is 4.37. The molecule has 1 aromatic heterocycles.